The highest BCUT2D eigenvalue weighted by atomic mass is 16.4. The fraction of sp³-hybridized carbons (Fsp3) is 0.409. The van der Waals surface area contributed by atoms with Gasteiger partial charge in [-0.05, 0) is 24.8 Å². The third-order valence-corrected chi connectivity index (χ3v) is 5.52. The highest BCUT2D eigenvalue weighted by Gasteiger charge is 2.36. The zero-order valence-corrected chi connectivity index (χ0v) is 18.1. The first-order valence-corrected chi connectivity index (χ1v) is 10.7. The van der Waals surface area contributed by atoms with Crippen LogP contribution in [-0.2, 0) is 32.0 Å². The molecule has 1 aromatic carbocycles. The summed E-state index contributed by atoms with van der Waals surface area (Å²) in [6.07, 6.45) is 4.30. The largest absolute Gasteiger partial charge is 0.480 e. The molecule has 3 atom stereocenters. The first kappa shape index (κ1) is 23.9. The van der Waals surface area contributed by atoms with Crippen LogP contribution in [0.3, 0.4) is 0 Å². The van der Waals surface area contributed by atoms with Gasteiger partial charge in [0.15, 0.2) is 0 Å². The van der Waals surface area contributed by atoms with Crippen LogP contribution in [0, 0.1) is 0 Å². The summed E-state index contributed by atoms with van der Waals surface area (Å²) >= 11 is 0. The molecule has 0 saturated carbocycles. The molecule has 2 aromatic rings. The lowest BCUT2D eigenvalue weighted by molar-refractivity contribution is -0.144. The molecule has 3 rings (SSSR count). The number of aromatic amines is 1. The van der Waals surface area contributed by atoms with Gasteiger partial charge in [0.05, 0.1) is 18.9 Å². The number of nitrogens with one attached hydrogen (secondary N) is 3. The highest BCUT2D eigenvalue weighted by Crippen LogP contribution is 2.18. The summed E-state index contributed by atoms with van der Waals surface area (Å²) < 4.78 is 0. The Hall–Kier alpha value is -3.73. The molecule has 6 N–H and O–H groups in total. The number of nitrogens with two attached hydrogens (primary N) is 1. The lowest BCUT2D eigenvalue weighted by Crippen LogP contribution is -2.53. The van der Waals surface area contributed by atoms with E-state index < -0.39 is 41.8 Å². The standard InChI is InChI=1S/C22H28N6O5/c23-16(9-14-5-2-1-3-6-14)20(30)25-12-19(29)28-8-4-7-18(28)21(31)27-17(22(32)33)10-15-11-24-13-26-15/h1-3,5-6,11,13,16-18H,4,7-10,12,23H2,(H,24,26)(H,25,30)(H,27,31)(H,32,33). The maximum atomic E-state index is 12.8. The van der Waals surface area contributed by atoms with E-state index in [1.54, 1.807) is 0 Å². The molecular weight excluding hydrogens is 428 g/mol. The number of carboxylic acid groups (broad SMARTS) is 1. The Kier molecular flexibility index (Phi) is 8.14. The molecule has 0 radical (unpaired) electrons. The van der Waals surface area contributed by atoms with E-state index in [1.165, 1.54) is 17.4 Å². The van der Waals surface area contributed by atoms with Crippen molar-refractivity contribution < 1.29 is 24.3 Å². The van der Waals surface area contributed by atoms with Gasteiger partial charge in [-0.25, -0.2) is 9.78 Å². The van der Waals surface area contributed by atoms with Gasteiger partial charge in [0, 0.05) is 24.9 Å². The van der Waals surface area contributed by atoms with Gasteiger partial charge in [0.25, 0.3) is 0 Å². The van der Waals surface area contributed by atoms with Gasteiger partial charge in [0.1, 0.15) is 12.1 Å². The van der Waals surface area contributed by atoms with Gasteiger partial charge in [-0.3, -0.25) is 14.4 Å². The topological polar surface area (TPSA) is 171 Å². The summed E-state index contributed by atoms with van der Waals surface area (Å²) in [6.45, 7) is 0.0583. The third-order valence-electron chi connectivity index (χ3n) is 5.52. The van der Waals surface area contributed by atoms with E-state index in [-0.39, 0.29) is 13.0 Å². The number of aromatic nitrogens is 2. The van der Waals surface area contributed by atoms with E-state index in [4.69, 9.17) is 5.73 Å². The van der Waals surface area contributed by atoms with Crippen molar-refractivity contribution in [3.63, 3.8) is 0 Å². The molecular formula is C22H28N6O5. The van der Waals surface area contributed by atoms with Crippen LogP contribution in [0.4, 0.5) is 0 Å². The molecule has 1 aliphatic rings. The van der Waals surface area contributed by atoms with Crippen molar-refractivity contribution in [2.45, 2.75) is 43.8 Å². The fourth-order valence-electron chi connectivity index (χ4n) is 3.78. The quantitative estimate of drug-likeness (QED) is 0.311. The van der Waals surface area contributed by atoms with E-state index in [0.29, 0.717) is 31.5 Å². The lowest BCUT2D eigenvalue weighted by Gasteiger charge is -2.26. The number of H-pyrrole nitrogens is 1. The highest BCUT2D eigenvalue weighted by molar-refractivity contribution is 5.93. The Balaban J connectivity index is 1.51. The number of nitrogens with zero attached hydrogens (tertiary/aromatic N) is 2. The predicted molar refractivity (Wildman–Crippen MR) is 118 cm³/mol. The SMILES string of the molecule is NC(Cc1ccccc1)C(=O)NCC(=O)N1CCCC1C(=O)NC(Cc1cnc[nH]1)C(=O)O. The van der Waals surface area contributed by atoms with E-state index in [9.17, 15) is 24.3 Å². The first-order chi connectivity index (χ1) is 15.8. The summed E-state index contributed by atoms with van der Waals surface area (Å²) in [6, 6.07) is 6.54. The lowest BCUT2D eigenvalue weighted by atomic mass is 10.1. The van der Waals surface area contributed by atoms with Gasteiger partial charge in [0.2, 0.25) is 17.7 Å². The van der Waals surface area contributed by atoms with Crippen LogP contribution >= 0.6 is 0 Å². The second kappa shape index (κ2) is 11.2. The maximum absolute atomic E-state index is 12.8. The maximum Gasteiger partial charge on any atom is 0.326 e. The van der Waals surface area contributed by atoms with Gasteiger partial charge in [-0.15, -0.1) is 0 Å². The smallest absolute Gasteiger partial charge is 0.326 e. The molecule has 0 spiro atoms. The van der Waals surface area contributed by atoms with Gasteiger partial charge >= 0.3 is 5.97 Å². The molecule has 3 unspecified atom stereocenters. The zero-order chi connectivity index (χ0) is 23.8. The van der Waals surface area contributed by atoms with E-state index in [0.717, 1.165) is 5.56 Å². The average Bonchev–Trinajstić information content (AvgIpc) is 3.49. The average molecular weight is 457 g/mol. The van der Waals surface area contributed by atoms with Crippen molar-refractivity contribution in [2.75, 3.05) is 13.1 Å². The summed E-state index contributed by atoms with van der Waals surface area (Å²) in [5.74, 6) is -2.61. The number of hydrogen-bond acceptors (Lipinski definition) is 6. The molecule has 11 heteroatoms. The second-order valence-electron chi connectivity index (χ2n) is 7.94. The number of hydrogen-bond donors (Lipinski definition) is 5. The molecule has 2 heterocycles. The third kappa shape index (κ3) is 6.62. The summed E-state index contributed by atoms with van der Waals surface area (Å²) in [5, 5.41) is 14.5. The molecule has 1 aromatic heterocycles. The monoisotopic (exact) mass is 456 g/mol. The van der Waals surface area contributed by atoms with Crippen molar-refractivity contribution in [1.82, 2.24) is 25.5 Å². The number of carbonyl (C=O) groups excluding carboxylic acids is 3. The van der Waals surface area contributed by atoms with Crippen molar-refractivity contribution in [2.24, 2.45) is 5.73 Å². The summed E-state index contributed by atoms with van der Waals surface area (Å²) in [7, 11) is 0. The van der Waals surface area contributed by atoms with Gasteiger partial charge in [-0.1, -0.05) is 30.3 Å². The van der Waals surface area contributed by atoms with Crippen molar-refractivity contribution in [3.8, 4) is 0 Å². The molecule has 0 aliphatic carbocycles. The van der Waals surface area contributed by atoms with Gasteiger partial charge in [-0.2, -0.15) is 0 Å². The Morgan fingerprint density at radius 1 is 1.21 bits per heavy atom. The summed E-state index contributed by atoms with van der Waals surface area (Å²) in [4.78, 5) is 57.3. The number of carboxylic acids is 1. The molecule has 1 saturated heterocycles. The van der Waals surface area contributed by atoms with Crippen molar-refractivity contribution in [3.05, 3.63) is 54.1 Å². The van der Waals surface area contributed by atoms with Crippen LogP contribution in [-0.4, -0.2) is 74.9 Å². The predicted octanol–water partition coefficient (Wildman–Crippen LogP) is -0.801. The van der Waals surface area contributed by atoms with Crippen molar-refractivity contribution >= 4 is 23.7 Å². The number of rotatable bonds is 10. The van der Waals surface area contributed by atoms with Crippen LogP contribution in [0.2, 0.25) is 0 Å². The molecule has 1 fully saturated rings. The van der Waals surface area contributed by atoms with Crippen LogP contribution in [0.25, 0.3) is 0 Å². The Morgan fingerprint density at radius 2 is 1.97 bits per heavy atom. The normalized spacial score (nSPS) is 17.2. The number of benzene rings is 1. The minimum absolute atomic E-state index is 0.0388. The fourth-order valence-corrected chi connectivity index (χ4v) is 3.78. The first-order valence-electron chi connectivity index (χ1n) is 10.7. The number of likely N-dealkylation sites (tertiary alicyclic amines) is 1. The van der Waals surface area contributed by atoms with E-state index >= 15 is 0 Å². The minimum atomic E-state index is -1.19. The molecule has 0 bridgehead atoms. The van der Waals surface area contributed by atoms with Crippen LogP contribution in [0.1, 0.15) is 24.1 Å². The molecule has 33 heavy (non-hydrogen) atoms. The molecule has 176 valence electrons. The minimum Gasteiger partial charge on any atom is -0.480 e. The number of aliphatic carboxylic acids is 1. The Bertz CT molecular complexity index is 965. The Labute approximate surface area is 190 Å². The zero-order valence-electron chi connectivity index (χ0n) is 18.1. The molecule has 11 nitrogen and oxygen atoms in total. The van der Waals surface area contributed by atoms with E-state index in [2.05, 4.69) is 20.6 Å². The molecule has 3 amide bonds. The Morgan fingerprint density at radius 3 is 2.64 bits per heavy atom. The second-order valence-corrected chi connectivity index (χ2v) is 7.94. The van der Waals surface area contributed by atoms with Gasteiger partial charge < -0.3 is 31.4 Å². The number of carbonyl (C=O) groups is 4. The van der Waals surface area contributed by atoms with Crippen molar-refractivity contribution in [1.29, 1.82) is 0 Å². The number of imidazole rings is 1. The summed E-state index contributed by atoms with van der Waals surface area (Å²) in [5.41, 5.74) is 7.41. The van der Waals surface area contributed by atoms with Crippen LogP contribution < -0.4 is 16.4 Å². The molecule has 1 aliphatic heterocycles. The number of amides is 3. The van der Waals surface area contributed by atoms with E-state index in [1.807, 2.05) is 30.3 Å². The van der Waals surface area contributed by atoms with Crippen LogP contribution in [0.15, 0.2) is 42.9 Å². The van der Waals surface area contributed by atoms with Crippen LogP contribution in [0.5, 0.6) is 0 Å².